The molecule has 2 aliphatic rings. The SMILES string of the molecule is COc1ccc(S(=O)(=O)N2CC(C(=O)NCc3ccccc3CN3CCCC3)Oc3ccccc32)cc1. The molecule has 2 aliphatic heterocycles. The summed E-state index contributed by atoms with van der Waals surface area (Å²) in [6.45, 7) is 3.25. The van der Waals surface area contributed by atoms with E-state index in [0.29, 0.717) is 23.7 Å². The Morgan fingerprint density at radius 1 is 0.973 bits per heavy atom. The van der Waals surface area contributed by atoms with Gasteiger partial charge in [0.2, 0.25) is 0 Å². The largest absolute Gasteiger partial charge is 0.497 e. The second-order valence-corrected chi connectivity index (χ2v) is 11.1. The summed E-state index contributed by atoms with van der Waals surface area (Å²) in [5.41, 5.74) is 2.63. The third-order valence-electron chi connectivity index (χ3n) is 6.84. The predicted molar refractivity (Wildman–Crippen MR) is 141 cm³/mol. The molecule has 1 atom stereocenters. The molecule has 0 spiro atoms. The molecule has 0 bridgehead atoms. The van der Waals surface area contributed by atoms with Gasteiger partial charge in [0.25, 0.3) is 15.9 Å². The normalized spacial score (nSPS) is 17.6. The molecule has 5 rings (SSSR count). The number of nitrogens with zero attached hydrogens (tertiary/aromatic N) is 2. The smallest absolute Gasteiger partial charge is 0.264 e. The average molecular weight is 522 g/mol. The number of sulfonamides is 1. The summed E-state index contributed by atoms with van der Waals surface area (Å²) in [5.74, 6) is 0.546. The van der Waals surface area contributed by atoms with E-state index in [9.17, 15) is 13.2 Å². The second-order valence-electron chi connectivity index (χ2n) is 9.26. The van der Waals surface area contributed by atoms with Gasteiger partial charge in [-0.3, -0.25) is 14.0 Å². The minimum atomic E-state index is -3.94. The molecule has 3 aromatic carbocycles. The van der Waals surface area contributed by atoms with Crippen molar-refractivity contribution < 1.29 is 22.7 Å². The maximum absolute atomic E-state index is 13.6. The molecule has 0 aromatic heterocycles. The average Bonchev–Trinajstić information content (AvgIpc) is 3.45. The molecule has 194 valence electrons. The Morgan fingerprint density at radius 3 is 2.38 bits per heavy atom. The number of nitrogens with one attached hydrogen (secondary N) is 1. The summed E-state index contributed by atoms with van der Waals surface area (Å²) in [5, 5.41) is 2.97. The van der Waals surface area contributed by atoms with E-state index in [1.54, 1.807) is 36.4 Å². The molecule has 1 unspecified atom stereocenters. The van der Waals surface area contributed by atoms with Crippen molar-refractivity contribution in [3.63, 3.8) is 0 Å². The standard InChI is InChI=1S/C28H31N3O5S/c1-35-23-12-14-24(15-13-23)37(33,34)31-20-27(36-26-11-5-4-10-25(26)31)28(32)29-18-21-8-2-3-9-22(21)19-30-16-6-7-17-30/h2-5,8-15,27H,6-7,16-20H2,1H3,(H,29,32). The van der Waals surface area contributed by atoms with Crippen LogP contribution in [0.2, 0.25) is 0 Å². The van der Waals surface area contributed by atoms with Crippen molar-refractivity contribution in [3.05, 3.63) is 83.9 Å². The van der Waals surface area contributed by atoms with E-state index in [1.807, 2.05) is 18.2 Å². The van der Waals surface area contributed by atoms with Crippen molar-refractivity contribution >= 4 is 21.6 Å². The molecule has 2 heterocycles. The fourth-order valence-corrected chi connectivity index (χ4v) is 6.28. The third kappa shape index (κ3) is 5.42. The van der Waals surface area contributed by atoms with Crippen molar-refractivity contribution in [2.45, 2.75) is 36.9 Å². The summed E-state index contributed by atoms with van der Waals surface area (Å²) < 4.78 is 39.6. The Bertz CT molecular complexity index is 1350. The lowest BCUT2D eigenvalue weighted by atomic mass is 10.1. The molecule has 0 radical (unpaired) electrons. The van der Waals surface area contributed by atoms with Crippen LogP contribution in [-0.4, -0.2) is 52.1 Å². The van der Waals surface area contributed by atoms with Gasteiger partial charge >= 0.3 is 0 Å². The summed E-state index contributed by atoms with van der Waals surface area (Å²) in [6.07, 6.45) is 1.44. The van der Waals surface area contributed by atoms with Gasteiger partial charge in [-0.15, -0.1) is 0 Å². The summed E-state index contributed by atoms with van der Waals surface area (Å²) in [4.78, 5) is 15.8. The minimum absolute atomic E-state index is 0.111. The number of likely N-dealkylation sites (tertiary alicyclic amines) is 1. The highest BCUT2D eigenvalue weighted by molar-refractivity contribution is 7.92. The second kappa shape index (κ2) is 10.8. The van der Waals surface area contributed by atoms with Gasteiger partial charge in [-0.2, -0.15) is 0 Å². The van der Waals surface area contributed by atoms with Gasteiger partial charge < -0.3 is 14.8 Å². The van der Waals surface area contributed by atoms with Gasteiger partial charge in [-0.1, -0.05) is 36.4 Å². The van der Waals surface area contributed by atoms with E-state index in [-0.39, 0.29) is 17.3 Å². The number of methoxy groups -OCH3 is 1. The zero-order chi connectivity index (χ0) is 25.8. The first-order valence-corrected chi connectivity index (χ1v) is 13.9. The molecule has 1 N–H and O–H groups in total. The topological polar surface area (TPSA) is 88.2 Å². The van der Waals surface area contributed by atoms with Gasteiger partial charge in [-0.05, 0) is 73.5 Å². The Balaban J connectivity index is 1.33. The molecule has 0 saturated carbocycles. The number of fused-ring (bicyclic) bond motifs is 1. The van der Waals surface area contributed by atoms with E-state index in [1.165, 1.54) is 42.0 Å². The number of rotatable bonds is 8. The number of benzene rings is 3. The zero-order valence-electron chi connectivity index (χ0n) is 20.8. The van der Waals surface area contributed by atoms with E-state index < -0.39 is 16.1 Å². The van der Waals surface area contributed by atoms with E-state index in [0.717, 1.165) is 25.2 Å². The van der Waals surface area contributed by atoms with Crippen LogP contribution in [0.1, 0.15) is 24.0 Å². The van der Waals surface area contributed by atoms with Gasteiger partial charge in [0.1, 0.15) is 11.5 Å². The number of hydrogen-bond donors (Lipinski definition) is 1. The van der Waals surface area contributed by atoms with Crippen LogP contribution in [0.5, 0.6) is 11.5 Å². The molecule has 9 heteroatoms. The fraction of sp³-hybridized carbons (Fsp3) is 0.321. The zero-order valence-corrected chi connectivity index (χ0v) is 21.6. The Kier molecular flexibility index (Phi) is 7.34. The highest BCUT2D eigenvalue weighted by atomic mass is 32.2. The van der Waals surface area contributed by atoms with Crippen molar-refractivity contribution in [1.29, 1.82) is 0 Å². The molecule has 1 saturated heterocycles. The van der Waals surface area contributed by atoms with Crippen LogP contribution in [0.4, 0.5) is 5.69 Å². The highest BCUT2D eigenvalue weighted by Crippen LogP contribution is 2.37. The van der Waals surface area contributed by atoms with Gasteiger partial charge in [0, 0.05) is 13.1 Å². The number of carbonyl (C=O) groups is 1. The van der Waals surface area contributed by atoms with Crippen LogP contribution in [0, 0.1) is 0 Å². The van der Waals surface area contributed by atoms with Crippen molar-refractivity contribution in [2.75, 3.05) is 31.0 Å². The van der Waals surface area contributed by atoms with Gasteiger partial charge in [-0.25, -0.2) is 8.42 Å². The first-order chi connectivity index (χ1) is 18.0. The number of anilines is 1. The number of amides is 1. The van der Waals surface area contributed by atoms with Crippen molar-refractivity contribution in [3.8, 4) is 11.5 Å². The van der Waals surface area contributed by atoms with Crippen molar-refractivity contribution in [2.24, 2.45) is 0 Å². The summed E-state index contributed by atoms with van der Waals surface area (Å²) in [7, 11) is -2.42. The monoisotopic (exact) mass is 521 g/mol. The minimum Gasteiger partial charge on any atom is -0.497 e. The summed E-state index contributed by atoms with van der Waals surface area (Å²) >= 11 is 0. The van der Waals surface area contributed by atoms with E-state index in [2.05, 4.69) is 16.3 Å². The maximum atomic E-state index is 13.6. The molecule has 37 heavy (non-hydrogen) atoms. The van der Waals surface area contributed by atoms with Crippen LogP contribution in [-0.2, 0) is 27.9 Å². The molecule has 3 aromatic rings. The number of para-hydroxylation sites is 2. The lowest BCUT2D eigenvalue weighted by Crippen LogP contribution is -2.50. The predicted octanol–water partition coefficient (Wildman–Crippen LogP) is 3.56. The molecule has 8 nitrogen and oxygen atoms in total. The first kappa shape index (κ1) is 25.1. The molecule has 1 fully saturated rings. The number of ether oxygens (including phenoxy) is 2. The fourth-order valence-electron chi connectivity index (χ4n) is 4.80. The van der Waals surface area contributed by atoms with Crippen molar-refractivity contribution in [1.82, 2.24) is 10.2 Å². The molecule has 1 amide bonds. The lowest BCUT2D eigenvalue weighted by Gasteiger charge is -2.34. The Morgan fingerprint density at radius 2 is 1.65 bits per heavy atom. The van der Waals surface area contributed by atoms with Crippen LogP contribution in [0.25, 0.3) is 0 Å². The lowest BCUT2D eigenvalue weighted by molar-refractivity contribution is -0.127. The number of hydrogen-bond acceptors (Lipinski definition) is 6. The highest BCUT2D eigenvalue weighted by Gasteiger charge is 2.37. The van der Waals surface area contributed by atoms with Crippen LogP contribution < -0.4 is 19.1 Å². The van der Waals surface area contributed by atoms with E-state index in [4.69, 9.17) is 9.47 Å². The summed E-state index contributed by atoms with van der Waals surface area (Å²) in [6, 6.07) is 21.1. The van der Waals surface area contributed by atoms with Crippen LogP contribution in [0.15, 0.2) is 77.7 Å². The molecule has 0 aliphatic carbocycles. The molecular weight excluding hydrogens is 490 g/mol. The van der Waals surface area contributed by atoms with Gasteiger partial charge in [0.05, 0.1) is 24.2 Å². The Hall–Kier alpha value is -3.56. The van der Waals surface area contributed by atoms with E-state index >= 15 is 0 Å². The van der Waals surface area contributed by atoms with Crippen LogP contribution >= 0.6 is 0 Å². The maximum Gasteiger partial charge on any atom is 0.264 e. The third-order valence-corrected chi connectivity index (χ3v) is 8.63. The van der Waals surface area contributed by atoms with Crippen LogP contribution in [0.3, 0.4) is 0 Å². The molecular formula is C28H31N3O5S. The Labute approximate surface area is 217 Å². The first-order valence-electron chi connectivity index (χ1n) is 12.4. The van der Waals surface area contributed by atoms with Gasteiger partial charge in [0.15, 0.2) is 6.10 Å². The number of carbonyl (C=O) groups excluding carboxylic acids is 1. The quantitative estimate of drug-likeness (QED) is 0.488.